The Morgan fingerprint density at radius 1 is 1.12 bits per heavy atom. The summed E-state index contributed by atoms with van der Waals surface area (Å²) in [5.74, 6) is 0.996. The van der Waals surface area contributed by atoms with Crippen LogP contribution in [0.2, 0.25) is 10.0 Å². The summed E-state index contributed by atoms with van der Waals surface area (Å²) in [7, 11) is 0. The van der Waals surface area contributed by atoms with Crippen molar-refractivity contribution in [3.05, 3.63) is 51.0 Å². The van der Waals surface area contributed by atoms with Gasteiger partial charge in [-0.05, 0) is 24.3 Å². The topological polar surface area (TPSA) is 22.1 Å². The molecule has 0 bridgehead atoms. The molecule has 0 atom stereocenters. The molecule has 5 heteroatoms. The Bertz CT molecular complexity index is 502. The van der Waals surface area contributed by atoms with Crippen molar-refractivity contribution in [2.24, 2.45) is 0 Å². The first-order valence-corrected chi connectivity index (χ1v) is 5.94. The van der Waals surface area contributed by atoms with Gasteiger partial charge in [-0.15, -0.1) is 0 Å². The lowest BCUT2D eigenvalue weighted by atomic mass is 10.3. The molecule has 0 saturated carbocycles. The first-order valence-electron chi connectivity index (χ1n) is 4.39. The van der Waals surface area contributed by atoms with Crippen LogP contribution in [0.15, 0.2) is 41.0 Å². The first-order chi connectivity index (χ1) is 7.65. The number of halogens is 3. The van der Waals surface area contributed by atoms with E-state index in [9.17, 15) is 0 Å². The highest BCUT2D eigenvalue weighted by molar-refractivity contribution is 9.10. The summed E-state index contributed by atoms with van der Waals surface area (Å²) >= 11 is 15.0. The fraction of sp³-hybridized carbons (Fsp3) is 0. The van der Waals surface area contributed by atoms with Gasteiger partial charge in [0.2, 0.25) is 5.88 Å². The molecule has 0 radical (unpaired) electrons. The maximum absolute atomic E-state index is 5.98. The van der Waals surface area contributed by atoms with Crippen molar-refractivity contribution in [3.8, 4) is 11.6 Å². The van der Waals surface area contributed by atoms with Gasteiger partial charge in [-0.3, -0.25) is 0 Å². The number of aromatic nitrogens is 1. The van der Waals surface area contributed by atoms with E-state index >= 15 is 0 Å². The monoisotopic (exact) mass is 317 g/mol. The smallest absolute Gasteiger partial charge is 0.219 e. The van der Waals surface area contributed by atoms with Gasteiger partial charge in [-0.1, -0.05) is 39.1 Å². The first kappa shape index (κ1) is 11.7. The summed E-state index contributed by atoms with van der Waals surface area (Å²) in [5, 5.41) is 1.09. The average Bonchev–Trinajstić information content (AvgIpc) is 2.27. The van der Waals surface area contributed by atoms with Gasteiger partial charge in [0.1, 0.15) is 5.75 Å². The minimum absolute atomic E-state index is 0.449. The van der Waals surface area contributed by atoms with E-state index in [1.165, 1.54) is 6.20 Å². The van der Waals surface area contributed by atoms with Crippen LogP contribution in [0.4, 0.5) is 0 Å². The van der Waals surface area contributed by atoms with Gasteiger partial charge in [0.15, 0.2) is 0 Å². The van der Waals surface area contributed by atoms with E-state index in [1.807, 2.05) is 6.07 Å². The van der Waals surface area contributed by atoms with Gasteiger partial charge in [0.05, 0.1) is 10.0 Å². The Kier molecular flexibility index (Phi) is 3.69. The third-order valence-electron chi connectivity index (χ3n) is 1.81. The number of nitrogens with zero attached hydrogens (tertiary/aromatic N) is 1. The lowest BCUT2D eigenvalue weighted by Crippen LogP contribution is -1.88. The Morgan fingerprint density at radius 2 is 1.94 bits per heavy atom. The summed E-state index contributed by atoms with van der Waals surface area (Å²) in [6.07, 6.45) is 1.52. The van der Waals surface area contributed by atoms with Gasteiger partial charge in [-0.25, -0.2) is 4.98 Å². The number of benzene rings is 1. The van der Waals surface area contributed by atoms with Crippen LogP contribution in [0, 0.1) is 0 Å². The van der Waals surface area contributed by atoms with E-state index in [0.29, 0.717) is 21.7 Å². The van der Waals surface area contributed by atoms with Crippen LogP contribution in [0.5, 0.6) is 11.6 Å². The molecule has 0 aliphatic heterocycles. The highest BCUT2D eigenvalue weighted by atomic mass is 79.9. The van der Waals surface area contributed by atoms with Crippen LogP contribution in [0.1, 0.15) is 0 Å². The molecule has 0 N–H and O–H groups in total. The highest BCUT2D eigenvalue weighted by Crippen LogP contribution is 2.31. The molecular formula is C11H6BrCl2NO. The maximum Gasteiger partial charge on any atom is 0.219 e. The average molecular weight is 319 g/mol. The lowest BCUT2D eigenvalue weighted by Gasteiger charge is -2.06. The molecule has 2 nitrogen and oxygen atoms in total. The summed E-state index contributed by atoms with van der Waals surface area (Å²) in [6, 6.07) is 8.75. The molecule has 0 fully saturated rings. The summed E-state index contributed by atoms with van der Waals surface area (Å²) in [5.41, 5.74) is 0. The minimum atomic E-state index is 0.449. The molecule has 1 aromatic heterocycles. The standard InChI is InChI=1S/C11H6BrCl2NO/c12-7-1-3-9(14)10(5-7)16-11-4-2-8(13)6-15-11/h1-6H. The van der Waals surface area contributed by atoms with Gasteiger partial charge in [0.25, 0.3) is 0 Å². The van der Waals surface area contributed by atoms with E-state index in [0.717, 1.165) is 4.47 Å². The second kappa shape index (κ2) is 5.04. The SMILES string of the molecule is Clc1ccc(Oc2cc(Br)ccc2Cl)nc1. The van der Waals surface area contributed by atoms with Crippen LogP contribution in [0.25, 0.3) is 0 Å². The molecule has 0 aliphatic rings. The van der Waals surface area contributed by atoms with Crippen molar-refractivity contribution >= 4 is 39.1 Å². The van der Waals surface area contributed by atoms with Crippen molar-refractivity contribution in [1.82, 2.24) is 4.98 Å². The number of rotatable bonds is 2. The fourth-order valence-electron chi connectivity index (χ4n) is 1.09. The van der Waals surface area contributed by atoms with Crippen LogP contribution in [0.3, 0.4) is 0 Å². The largest absolute Gasteiger partial charge is 0.437 e. The molecular weight excluding hydrogens is 313 g/mol. The molecule has 0 unspecified atom stereocenters. The molecule has 1 heterocycles. The van der Waals surface area contributed by atoms with Crippen LogP contribution >= 0.6 is 39.1 Å². The lowest BCUT2D eigenvalue weighted by molar-refractivity contribution is 0.463. The second-order valence-electron chi connectivity index (χ2n) is 2.99. The van der Waals surface area contributed by atoms with E-state index in [-0.39, 0.29) is 0 Å². The Labute approximate surface area is 111 Å². The van der Waals surface area contributed by atoms with Gasteiger partial charge in [-0.2, -0.15) is 0 Å². The number of hydrogen-bond acceptors (Lipinski definition) is 2. The fourth-order valence-corrected chi connectivity index (χ4v) is 1.70. The van der Waals surface area contributed by atoms with Gasteiger partial charge in [0, 0.05) is 16.7 Å². The summed E-state index contributed by atoms with van der Waals surface area (Å²) in [4.78, 5) is 4.02. The van der Waals surface area contributed by atoms with Crippen LogP contribution in [-0.2, 0) is 0 Å². The maximum atomic E-state index is 5.98. The predicted molar refractivity (Wildman–Crippen MR) is 68.5 cm³/mol. The van der Waals surface area contributed by atoms with Crippen molar-refractivity contribution < 1.29 is 4.74 Å². The van der Waals surface area contributed by atoms with Crippen molar-refractivity contribution in [1.29, 1.82) is 0 Å². The quantitative estimate of drug-likeness (QED) is 0.782. The van der Waals surface area contributed by atoms with Crippen LogP contribution < -0.4 is 4.74 Å². The van der Waals surface area contributed by atoms with Crippen molar-refractivity contribution in [3.63, 3.8) is 0 Å². The molecule has 2 aromatic rings. The summed E-state index contributed by atoms with van der Waals surface area (Å²) in [6.45, 7) is 0. The zero-order chi connectivity index (χ0) is 11.5. The molecule has 1 aromatic carbocycles. The number of ether oxygens (including phenoxy) is 1. The third kappa shape index (κ3) is 2.88. The van der Waals surface area contributed by atoms with Gasteiger partial charge < -0.3 is 4.74 Å². The molecule has 0 spiro atoms. The normalized spacial score (nSPS) is 10.2. The molecule has 0 saturated heterocycles. The van der Waals surface area contributed by atoms with E-state index in [1.54, 1.807) is 24.3 Å². The zero-order valence-electron chi connectivity index (χ0n) is 7.95. The van der Waals surface area contributed by atoms with E-state index < -0.39 is 0 Å². The number of pyridine rings is 1. The Balaban J connectivity index is 2.26. The third-order valence-corrected chi connectivity index (χ3v) is 2.84. The molecule has 0 amide bonds. The molecule has 82 valence electrons. The second-order valence-corrected chi connectivity index (χ2v) is 4.75. The molecule has 0 aliphatic carbocycles. The highest BCUT2D eigenvalue weighted by Gasteiger charge is 2.04. The van der Waals surface area contributed by atoms with Crippen molar-refractivity contribution in [2.45, 2.75) is 0 Å². The minimum Gasteiger partial charge on any atom is -0.437 e. The number of hydrogen-bond donors (Lipinski definition) is 0. The van der Waals surface area contributed by atoms with Crippen LogP contribution in [-0.4, -0.2) is 4.98 Å². The van der Waals surface area contributed by atoms with Crippen molar-refractivity contribution in [2.75, 3.05) is 0 Å². The summed E-state index contributed by atoms with van der Waals surface area (Å²) < 4.78 is 6.40. The zero-order valence-corrected chi connectivity index (χ0v) is 11.1. The Morgan fingerprint density at radius 3 is 2.62 bits per heavy atom. The van der Waals surface area contributed by atoms with E-state index in [4.69, 9.17) is 27.9 Å². The molecule has 2 rings (SSSR count). The molecule has 16 heavy (non-hydrogen) atoms. The van der Waals surface area contributed by atoms with E-state index in [2.05, 4.69) is 20.9 Å². The van der Waals surface area contributed by atoms with Gasteiger partial charge >= 0.3 is 0 Å². The Hall–Kier alpha value is -0.770. The predicted octanol–water partition coefficient (Wildman–Crippen LogP) is 4.94.